The minimum absolute atomic E-state index is 0.823. The lowest BCUT2D eigenvalue weighted by atomic mass is 10.8. The molecule has 42 valence electrons. The van der Waals surface area contributed by atoms with Crippen molar-refractivity contribution in [3.8, 4) is 0 Å². The van der Waals surface area contributed by atoms with Crippen molar-refractivity contribution in [1.29, 1.82) is 0 Å². The first kappa shape index (κ1) is 6.61. The monoisotopic (exact) mass is 124 g/mol. The Labute approximate surface area is 41.6 Å². The Morgan fingerprint density at radius 2 is 2.00 bits per heavy atom. The topological polar surface area (TPSA) is 74.6 Å². The number of aliphatic hydroxyl groups excluding tert-OH is 2. The summed E-state index contributed by atoms with van der Waals surface area (Å²) in [5.41, 5.74) is 0. The van der Waals surface area contributed by atoms with E-state index in [-0.39, 0.29) is 0 Å². The van der Waals surface area contributed by atoms with Gasteiger partial charge in [0, 0.05) is 0 Å². The molecular formula is C2H4O4S. The molecule has 0 aromatic heterocycles. The van der Waals surface area contributed by atoms with E-state index >= 15 is 0 Å². The van der Waals surface area contributed by atoms with Gasteiger partial charge in [-0.3, -0.25) is 0 Å². The van der Waals surface area contributed by atoms with Crippen LogP contribution < -0.4 is 0 Å². The van der Waals surface area contributed by atoms with Gasteiger partial charge in [0.05, 0.1) is 0 Å². The van der Waals surface area contributed by atoms with E-state index in [0.29, 0.717) is 0 Å². The highest BCUT2D eigenvalue weighted by molar-refractivity contribution is 7.72. The normalized spacial score (nSPS) is 8.29. The highest BCUT2D eigenvalue weighted by Gasteiger charge is 1.86. The molecule has 0 aromatic rings. The smallest absolute Gasteiger partial charge is 0.242 e. The molecule has 2 N–H and O–H groups in total. The summed E-state index contributed by atoms with van der Waals surface area (Å²) in [6.45, 7) is -0.823. The second-order valence-electron chi connectivity index (χ2n) is 0.787. The van der Waals surface area contributed by atoms with Crippen molar-refractivity contribution >= 4 is 15.3 Å². The van der Waals surface area contributed by atoms with E-state index in [4.69, 9.17) is 10.2 Å². The zero-order chi connectivity index (χ0) is 5.86. The summed E-state index contributed by atoms with van der Waals surface area (Å²) in [4.78, 5) is 0. The van der Waals surface area contributed by atoms with Gasteiger partial charge in [-0.05, 0) is 0 Å². The van der Waals surface area contributed by atoms with Crippen molar-refractivity contribution in [3.63, 3.8) is 0 Å². The first-order valence-electron chi connectivity index (χ1n) is 1.43. The first-order valence-corrected chi connectivity index (χ1v) is 2.51. The second kappa shape index (κ2) is 2.73. The molecule has 0 unspecified atom stereocenters. The molecule has 4 nitrogen and oxygen atoms in total. The number of hydrogen-bond acceptors (Lipinski definition) is 3. The molecule has 0 saturated carbocycles. The summed E-state index contributed by atoms with van der Waals surface area (Å²) in [7, 11) is -2.64. The fraction of sp³-hybridized carbons (Fsp3) is 0.500. The SMILES string of the molecule is O=S(=O)=C(O)CO. The fourth-order valence-corrected chi connectivity index (χ4v) is 0.158. The van der Waals surface area contributed by atoms with E-state index in [2.05, 4.69) is 0 Å². The van der Waals surface area contributed by atoms with Crippen LogP contribution in [0, 0.1) is 0 Å². The third kappa shape index (κ3) is 2.32. The van der Waals surface area contributed by atoms with E-state index in [0.717, 1.165) is 0 Å². The van der Waals surface area contributed by atoms with Gasteiger partial charge in [-0.15, -0.1) is 0 Å². The lowest BCUT2D eigenvalue weighted by molar-refractivity contribution is 0.331. The second-order valence-corrected chi connectivity index (χ2v) is 1.73. The summed E-state index contributed by atoms with van der Waals surface area (Å²) < 4.78 is 19.0. The number of aliphatic hydroxyl groups is 2. The molecule has 0 rings (SSSR count). The van der Waals surface area contributed by atoms with Crippen LogP contribution in [0.25, 0.3) is 0 Å². The largest absolute Gasteiger partial charge is 0.388 e. The average molecular weight is 124 g/mol. The van der Waals surface area contributed by atoms with Gasteiger partial charge < -0.3 is 10.2 Å². The van der Waals surface area contributed by atoms with Gasteiger partial charge in [0.25, 0.3) is 0 Å². The van der Waals surface area contributed by atoms with Crippen LogP contribution in [0.15, 0.2) is 0 Å². The van der Waals surface area contributed by atoms with E-state index in [1.54, 1.807) is 0 Å². The van der Waals surface area contributed by atoms with Crippen molar-refractivity contribution in [2.45, 2.75) is 0 Å². The molecule has 0 aliphatic heterocycles. The minimum atomic E-state index is -2.64. The maximum absolute atomic E-state index is 9.48. The first-order chi connectivity index (χ1) is 3.18. The molecule has 0 amide bonds. The van der Waals surface area contributed by atoms with Crippen LogP contribution in [0.4, 0.5) is 0 Å². The van der Waals surface area contributed by atoms with Gasteiger partial charge in [0.2, 0.25) is 10.3 Å². The zero-order valence-corrected chi connectivity index (χ0v) is 4.14. The Kier molecular flexibility index (Phi) is 2.58. The van der Waals surface area contributed by atoms with Gasteiger partial charge >= 0.3 is 0 Å². The van der Waals surface area contributed by atoms with E-state index in [9.17, 15) is 8.42 Å². The molecular weight excluding hydrogens is 120 g/mol. The number of rotatable bonds is 1. The third-order valence-corrected chi connectivity index (χ3v) is 0.842. The molecule has 0 bridgehead atoms. The van der Waals surface area contributed by atoms with Crippen LogP contribution in [-0.4, -0.2) is 30.3 Å². The molecule has 0 aromatic carbocycles. The highest BCUT2D eigenvalue weighted by atomic mass is 32.2. The molecule has 0 atom stereocenters. The van der Waals surface area contributed by atoms with E-state index < -0.39 is 22.0 Å². The van der Waals surface area contributed by atoms with Crippen LogP contribution in [0.1, 0.15) is 0 Å². The van der Waals surface area contributed by atoms with Crippen molar-refractivity contribution < 1.29 is 18.6 Å². The predicted molar refractivity (Wildman–Crippen MR) is 23.6 cm³/mol. The van der Waals surface area contributed by atoms with Crippen LogP contribution in [-0.2, 0) is 10.3 Å². The van der Waals surface area contributed by atoms with Crippen LogP contribution in [0.5, 0.6) is 0 Å². The van der Waals surface area contributed by atoms with Crippen molar-refractivity contribution in [2.24, 2.45) is 0 Å². The summed E-state index contributed by atoms with van der Waals surface area (Å²) in [6, 6.07) is 0. The van der Waals surface area contributed by atoms with Gasteiger partial charge in [0.15, 0.2) is 5.05 Å². The molecule has 0 aliphatic rings. The predicted octanol–water partition coefficient (Wildman–Crippen LogP) is -1.45. The van der Waals surface area contributed by atoms with Crippen molar-refractivity contribution in [2.75, 3.05) is 6.61 Å². The fourth-order valence-electron chi connectivity index (χ4n) is 0.0527. The van der Waals surface area contributed by atoms with Crippen molar-refractivity contribution in [1.82, 2.24) is 0 Å². The number of hydrogen-bond donors (Lipinski definition) is 2. The molecule has 0 heterocycles. The third-order valence-electron chi connectivity index (χ3n) is 0.328. The van der Waals surface area contributed by atoms with E-state index in [1.165, 1.54) is 0 Å². The Morgan fingerprint density at radius 3 is 2.00 bits per heavy atom. The molecule has 0 fully saturated rings. The van der Waals surface area contributed by atoms with Gasteiger partial charge in [0.1, 0.15) is 6.61 Å². The van der Waals surface area contributed by atoms with Crippen molar-refractivity contribution in [3.05, 3.63) is 0 Å². The lowest BCUT2D eigenvalue weighted by Gasteiger charge is -1.76. The Hall–Kier alpha value is -0.390. The zero-order valence-electron chi connectivity index (χ0n) is 3.33. The summed E-state index contributed by atoms with van der Waals surface area (Å²) >= 11 is 0. The minimum Gasteiger partial charge on any atom is -0.388 e. The Balaban J connectivity index is 4.33. The highest BCUT2D eigenvalue weighted by Crippen LogP contribution is 1.56. The Morgan fingerprint density at radius 1 is 1.57 bits per heavy atom. The molecule has 5 heteroatoms. The molecule has 0 saturated heterocycles. The maximum Gasteiger partial charge on any atom is 0.242 e. The molecule has 0 spiro atoms. The maximum atomic E-state index is 9.48. The van der Waals surface area contributed by atoms with E-state index in [1.807, 2.05) is 0 Å². The van der Waals surface area contributed by atoms with Gasteiger partial charge in [-0.1, -0.05) is 0 Å². The summed E-state index contributed by atoms with van der Waals surface area (Å²) in [5.74, 6) is 0. The van der Waals surface area contributed by atoms with Gasteiger partial charge in [-0.25, -0.2) is 0 Å². The summed E-state index contributed by atoms with van der Waals surface area (Å²) in [5, 5.41) is 14.9. The lowest BCUT2D eigenvalue weighted by Crippen LogP contribution is -2.02. The molecule has 0 radical (unpaired) electrons. The van der Waals surface area contributed by atoms with Crippen LogP contribution in [0.3, 0.4) is 0 Å². The standard InChI is InChI=1S/C2H4O4S/c3-1-2(4)7(5)6/h3-4H,1H2. The average Bonchev–Trinajstić information content (AvgIpc) is 1.65. The Bertz CT molecular complexity index is 156. The molecule has 0 aliphatic carbocycles. The quantitative estimate of drug-likeness (QED) is 0.419. The van der Waals surface area contributed by atoms with Gasteiger partial charge in [-0.2, -0.15) is 8.42 Å². The molecule has 7 heavy (non-hydrogen) atoms. The summed E-state index contributed by atoms with van der Waals surface area (Å²) in [6.07, 6.45) is 0. The van der Waals surface area contributed by atoms with Crippen LogP contribution >= 0.6 is 0 Å². The van der Waals surface area contributed by atoms with Crippen LogP contribution in [0.2, 0.25) is 0 Å².